The predicted octanol–water partition coefficient (Wildman–Crippen LogP) is 2.67. The van der Waals surface area contributed by atoms with Crippen molar-refractivity contribution in [3.05, 3.63) is 35.9 Å². The zero-order valence-corrected chi connectivity index (χ0v) is 8.40. The van der Waals surface area contributed by atoms with Crippen molar-refractivity contribution in [2.24, 2.45) is 0 Å². The Bertz CT molecular complexity index is 260. The van der Waals surface area contributed by atoms with Gasteiger partial charge in [0.15, 0.2) is 0 Å². The van der Waals surface area contributed by atoms with Crippen molar-refractivity contribution in [2.75, 3.05) is 0 Å². The smallest absolute Gasteiger partial charge is 0.0239 e. The Morgan fingerprint density at radius 1 is 1.15 bits per heavy atom. The molecule has 1 aliphatic rings. The summed E-state index contributed by atoms with van der Waals surface area (Å²) in [5, 5.41) is 0. The summed E-state index contributed by atoms with van der Waals surface area (Å²) >= 11 is 0. The van der Waals surface area contributed by atoms with E-state index in [0.29, 0.717) is 0 Å². The van der Waals surface area contributed by atoms with Crippen LogP contribution < -0.4 is 0 Å². The highest BCUT2D eigenvalue weighted by Gasteiger charge is 2.30. The highest BCUT2D eigenvalue weighted by atomic mass is 15.2. The normalized spacial score (nSPS) is 28.5. The molecule has 0 bridgehead atoms. The lowest BCUT2D eigenvalue weighted by Crippen LogP contribution is -2.51. The Hall–Kier alpha value is -0.820. The van der Waals surface area contributed by atoms with E-state index in [-0.39, 0.29) is 0 Å². The van der Waals surface area contributed by atoms with Gasteiger partial charge in [0, 0.05) is 18.6 Å². The standard InChI is InChI=1S/C12H17N/c1-10-8-11(2)13(10)9-12-6-4-3-5-7-12/h3-7,10-11H,8-9H2,1-2H3/t10-,11-/m1/s1. The Labute approximate surface area is 80.4 Å². The van der Waals surface area contributed by atoms with Gasteiger partial charge in [-0.1, -0.05) is 30.3 Å². The molecular formula is C12H17N. The van der Waals surface area contributed by atoms with E-state index in [1.54, 1.807) is 0 Å². The molecule has 13 heavy (non-hydrogen) atoms. The molecule has 0 unspecified atom stereocenters. The summed E-state index contributed by atoms with van der Waals surface area (Å²) in [5.74, 6) is 0. The highest BCUT2D eigenvalue weighted by Crippen LogP contribution is 2.26. The molecule has 0 N–H and O–H groups in total. The predicted molar refractivity (Wildman–Crippen MR) is 55.5 cm³/mol. The maximum absolute atomic E-state index is 2.55. The van der Waals surface area contributed by atoms with Gasteiger partial charge in [0.2, 0.25) is 0 Å². The van der Waals surface area contributed by atoms with Gasteiger partial charge in [-0.25, -0.2) is 0 Å². The molecule has 70 valence electrons. The summed E-state index contributed by atoms with van der Waals surface area (Å²) in [7, 11) is 0. The fourth-order valence-electron chi connectivity index (χ4n) is 2.17. The first kappa shape index (κ1) is 8.76. The molecule has 0 spiro atoms. The molecule has 0 aromatic heterocycles. The lowest BCUT2D eigenvalue weighted by atomic mass is 9.95. The molecule has 0 amide bonds. The van der Waals surface area contributed by atoms with E-state index >= 15 is 0 Å². The largest absolute Gasteiger partial charge is 0.294 e. The van der Waals surface area contributed by atoms with Crippen LogP contribution in [0.15, 0.2) is 30.3 Å². The second-order valence-corrected chi connectivity index (χ2v) is 4.09. The van der Waals surface area contributed by atoms with E-state index in [0.717, 1.165) is 18.6 Å². The van der Waals surface area contributed by atoms with Gasteiger partial charge in [-0.3, -0.25) is 4.90 Å². The number of benzene rings is 1. The molecule has 2 rings (SSSR count). The molecule has 0 saturated carbocycles. The van der Waals surface area contributed by atoms with Gasteiger partial charge in [0.05, 0.1) is 0 Å². The molecule has 1 heteroatoms. The summed E-state index contributed by atoms with van der Waals surface area (Å²) in [6.07, 6.45) is 1.35. The molecule has 1 aliphatic heterocycles. The maximum atomic E-state index is 2.55. The second kappa shape index (κ2) is 3.51. The van der Waals surface area contributed by atoms with Crippen LogP contribution in [0, 0.1) is 0 Å². The quantitative estimate of drug-likeness (QED) is 0.668. The zero-order valence-electron chi connectivity index (χ0n) is 8.40. The minimum atomic E-state index is 0.773. The first-order chi connectivity index (χ1) is 6.27. The monoisotopic (exact) mass is 175 g/mol. The summed E-state index contributed by atoms with van der Waals surface area (Å²) < 4.78 is 0. The van der Waals surface area contributed by atoms with Crippen molar-refractivity contribution in [1.82, 2.24) is 4.90 Å². The SMILES string of the molecule is C[C@@H]1C[C@@H](C)N1Cc1ccccc1. The van der Waals surface area contributed by atoms with Crippen molar-refractivity contribution in [3.8, 4) is 0 Å². The van der Waals surface area contributed by atoms with Crippen LogP contribution in [-0.2, 0) is 6.54 Å². The third-order valence-corrected chi connectivity index (χ3v) is 3.02. The minimum Gasteiger partial charge on any atom is -0.294 e. The van der Waals surface area contributed by atoms with Crippen molar-refractivity contribution in [1.29, 1.82) is 0 Å². The van der Waals surface area contributed by atoms with E-state index in [1.165, 1.54) is 12.0 Å². The number of rotatable bonds is 2. The molecule has 2 atom stereocenters. The lowest BCUT2D eigenvalue weighted by Gasteiger charge is -2.45. The average Bonchev–Trinajstić information content (AvgIpc) is 2.16. The van der Waals surface area contributed by atoms with Crippen LogP contribution in [0.4, 0.5) is 0 Å². The van der Waals surface area contributed by atoms with Crippen molar-refractivity contribution in [3.63, 3.8) is 0 Å². The Balaban J connectivity index is 1.99. The van der Waals surface area contributed by atoms with Gasteiger partial charge in [-0.05, 0) is 25.8 Å². The van der Waals surface area contributed by atoms with Gasteiger partial charge in [0.25, 0.3) is 0 Å². The fourth-order valence-corrected chi connectivity index (χ4v) is 2.17. The Morgan fingerprint density at radius 3 is 2.31 bits per heavy atom. The zero-order chi connectivity index (χ0) is 9.26. The van der Waals surface area contributed by atoms with Crippen LogP contribution in [0.3, 0.4) is 0 Å². The molecule has 0 radical (unpaired) electrons. The molecule has 1 nitrogen and oxygen atoms in total. The molecule has 1 aromatic carbocycles. The van der Waals surface area contributed by atoms with Crippen LogP contribution >= 0.6 is 0 Å². The third kappa shape index (κ3) is 1.75. The number of hydrogen-bond donors (Lipinski definition) is 0. The van der Waals surface area contributed by atoms with E-state index in [1.807, 2.05) is 0 Å². The van der Waals surface area contributed by atoms with Crippen LogP contribution in [0.1, 0.15) is 25.8 Å². The summed E-state index contributed by atoms with van der Waals surface area (Å²) in [5.41, 5.74) is 1.43. The Morgan fingerprint density at radius 2 is 1.77 bits per heavy atom. The first-order valence-electron chi connectivity index (χ1n) is 5.07. The van der Waals surface area contributed by atoms with Gasteiger partial charge in [-0.15, -0.1) is 0 Å². The summed E-state index contributed by atoms with van der Waals surface area (Å²) in [4.78, 5) is 2.55. The van der Waals surface area contributed by atoms with E-state index in [4.69, 9.17) is 0 Å². The third-order valence-electron chi connectivity index (χ3n) is 3.02. The fraction of sp³-hybridized carbons (Fsp3) is 0.500. The summed E-state index contributed by atoms with van der Waals surface area (Å²) in [6.45, 7) is 5.73. The van der Waals surface area contributed by atoms with E-state index in [2.05, 4.69) is 49.1 Å². The molecule has 0 aliphatic carbocycles. The molecule has 1 saturated heterocycles. The highest BCUT2D eigenvalue weighted by molar-refractivity contribution is 5.15. The van der Waals surface area contributed by atoms with Crippen LogP contribution in [0.2, 0.25) is 0 Å². The first-order valence-corrected chi connectivity index (χ1v) is 5.07. The molecular weight excluding hydrogens is 158 g/mol. The van der Waals surface area contributed by atoms with Gasteiger partial charge < -0.3 is 0 Å². The van der Waals surface area contributed by atoms with Crippen LogP contribution in [-0.4, -0.2) is 17.0 Å². The van der Waals surface area contributed by atoms with Crippen molar-refractivity contribution in [2.45, 2.75) is 38.9 Å². The van der Waals surface area contributed by atoms with E-state index in [9.17, 15) is 0 Å². The van der Waals surface area contributed by atoms with Gasteiger partial charge >= 0.3 is 0 Å². The molecule has 1 fully saturated rings. The second-order valence-electron chi connectivity index (χ2n) is 4.09. The minimum absolute atomic E-state index is 0.773. The van der Waals surface area contributed by atoms with Crippen LogP contribution in [0.5, 0.6) is 0 Å². The van der Waals surface area contributed by atoms with Crippen molar-refractivity contribution >= 4 is 0 Å². The van der Waals surface area contributed by atoms with Crippen LogP contribution in [0.25, 0.3) is 0 Å². The van der Waals surface area contributed by atoms with Gasteiger partial charge in [-0.2, -0.15) is 0 Å². The average molecular weight is 175 g/mol. The number of hydrogen-bond acceptors (Lipinski definition) is 1. The van der Waals surface area contributed by atoms with Gasteiger partial charge in [0.1, 0.15) is 0 Å². The maximum Gasteiger partial charge on any atom is 0.0239 e. The number of likely N-dealkylation sites (tertiary alicyclic amines) is 1. The van der Waals surface area contributed by atoms with E-state index < -0.39 is 0 Å². The Kier molecular flexibility index (Phi) is 2.36. The lowest BCUT2D eigenvalue weighted by molar-refractivity contribution is 0.0296. The van der Waals surface area contributed by atoms with Crippen molar-refractivity contribution < 1.29 is 0 Å². The summed E-state index contributed by atoms with van der Waals surface area (Å²) in [6, 6.07) is 12.3. The molecule has 1 aromatic rings. The molecule has 1 heterocycles. The topological polar surface area (TPSA) is 3.24 Å². The number of nitrogens with zero attached hydrogens (tertiary/aromatic N) is 1.